The summed E-state index contributed by atoms with van der Waals surface area (Å²) in [5, 5.41) is 0.651. The van der Waals surface area contributed by atoms with Crippen LogP contribution in [0, 0.1) is 0 Å². The van der Waals surface area contributed by atoms with Crippen LogP contribution < -0.4 is 5.73 Å². The number of piperidine rings is 1. The van der Waals surface area contributed by atoms with Crippen molar-refractivity contribution < 1.29 is 9.21 Å². The standard InChI is InChI=1S/C20H20ClN3O2/c21-16-5-6-18-17(11-16)23-19(26-18)14-7-9-24(10-8-14)20(25)15-3-1-13(12-22)2-4-15/h1-6,11,14H,7-10,12,22H2. The molecule has 1 amide bonds. The van der Waals surface area contributed by atoms with Crippen molar-refractivity contribution in [1.82, 2.24) is 9.88 Å². The molecular formula is C20H20ClN3O2. The Kier molecular flexibility index (Phi) is 4.66. The molecule has 1 aliphatic rings. The Morgan fingerprint density at radius 1 is 1.19 bits per heavy atom. The molecule has 4 rings (SSSR count). The number of rotatable bonds is 3. The van der Waals surface area contributed by atoms with E-state index in [-0.39, 0.29) is 11.8 Å². The topological polar surface area (TPSA) is 72.4 Å². The van der Waals surface area contributed by atoms with Gasteiger partial charge in [-0.15, -0.1) is 0 Å². The normalized spacial score (nSPS) is 15.5. The van der Waals surface area contributed by atoms with Crippen molar-refractivity contribution in [2.45, 2.75) is 25.3 Å². The van der Waals surface area contributed by atoms with Crippen molar-refractivity contribution >= 4 is 28.6 Å². The fourth-order valence-corrected chi connectivity index (χ4v) is 3.55. The van der Waals surface area contributed by atoms with E-state index in [2.05, 4.69) is 4.98 Å². The molecule has 0 aliphatic carbocycles. The molecule has 2 aromatic carbocycles. The Morgan fingerprint density at radius 2 is 1.92 bits per heavy atom. The second-order valence-corrected chi connectivity index (χ2v) is 7.07. The van der Waals surface area contributed by atoms with Crippen LogP contribution in [-0.2, 0) is 6.54 Å². The van der Waals surface area contributed by atoms with Crippen LogP contribution in [0.4, 0.5) is 0 Å². The number of amides is 1. The number of fused-ring (bicyclic) bond motifs is 1. The molecular weight excluding hydrogens is 350 g/mol. The lowest BCUT2D eigenvalue weighted by Gasteiger charge is -2.30. The molecule has 0 spiro atoms. The molecule has 26 heavy (non-hydrogen) atoms. The highest BCUT2D eigenvalue weighted by molar-refractivity contribution is 6.31. The first-order valence-corrected chi connectivity index (χ1v) is 9.16. The summed E-state index contributed by atoms with van der Waals surface area (Å²) in [7, 11) is 0. The SMILES string of the molecule is NCc1ccc(C(=O)N2CCC(c3nc4cc(Cl)ccc4o3)CC2)cc1. The molecule has 0 bridgehead atoms. The summed E-state index contributed by atoms with van der Waals surface area (Å²) >= 11 is 6.01. The number of nitrogens with zero attached hydrogens (tertiary/aromatic N) is 2. The molecule has 5 nitrogen and oxygen atoms in total. The average molecular weight is 370 g/mol. The second-order valence-electron chi connectivity index (χ2n) is 6.63. The third kappa shape index (κ3) is 3.32. The van der Waals surface area contributed by atoms with Gasteiger partial charge in [-0.1, -0.05) is 23.7 Å². The maximum atomic E-state index is 12.7. The minimum atomic E-state index is 0.0661. The maximum Gasteiger partial charge on any atom is 0.253 e. The fraction of sp³-hybridized carbons (Fsp3) is 0.300. The first-order valence-electron chi connectivity index (χ1n) is 8.78. The number of hydrogen-bond donors (Lipinski definition) is 1. The molecule has 0 saturated carbocycles. The number of halogens is 1. The molecule has 2 N–H and O–H groups in total. The Balaban J connectivity index is 1.43. The van der Waals surface area contributed by atoms with Gasteiger partial charge in [0.05, 0.1) is 0 Å². The third-order valence-corrected chi connectivity index (χ3v) is 5.17. The van der Waals surface area contributed by atoms with Gasteiger partial charge in [0.2, 0.25) is 0 Å². The van der Waals surface area contributed by atoms with Crippen molar-refractivity contribution in [2.24, 2.45) is 5.73 Å². The molecule has 0 radical (unpaired) electrons. The number of nitrogens with two attached hydrogens (primary N) is 1. The number of hydrogen-bond acceptors (Lipinski definition) is 4. The van der Waals surface area contributed by atoms with Gasteiger partial charge in [0.25, 0.3) is 5.91 Å². The molecule has 6 heteroatoms. The van der Waals surface area contributed by atoms with Gasteiger partial charge in [-0.2, -0.15) is 0 Å². The van der Waals surface area contributed by atoms with Crippen LogP contribution in [0.2, 0.25) is 5.02 Å². The lowest BCUT2D eigenvalue weighted by Crippen LogP contribution is -2.38. The molecule has 0 unspecified atom stereocenters. The molecule has 2 heterocycles. The van der Waals surface area contributed by atoms with E-state index in [1.165, 1.54) is 0 Å². The second kappa shape index (κ2) is 7.09. The molecule has 3 aromatic rings. The summed E-state index contributed by atoms with van der Waals surface area (Å²) < 4.78 is 5.88. The average Bonchev–Trinajstić information content (AvgIpc) is 3.11. The van der Waals surface area contributed by atoms with Crippen LogP contribution in [-0.4, -0.2) is 28.9 Å². The molecule has 1 aliphatic heterocycles. The van der Waals surface area contributed by atoms with E-state index in [4.69, 9.17) is 21.8 Å². The van der Waals surface area contributed by atoms with Gasteiger partial charge in [-0.3, -0.25) is 4.79 Å². The summed E-state index contributed by atoms with van der Waals surface area (Å²) in [6.45, 7) is 1.87. The quantitative estimate of drug-likeness (QED) is 0.758. The van der Waals surface area contributed by atoms with Gasteiger partial charge in [0.1, 0.15) is 5.52 Å². The zero-order valence-electron chi connectivity index (χ0n) is 14.3. The number of likely N-dealkylation sites (tertiary alicyclic amines) is 1. The van der Waals surface area contributed by atoms with Crippen LogP contribution in [0.3, 0.4) is 0 Å². The predicted octanol–water partition coefficient (Wildman–Crippen LogP) is 3.96. The number of benzene rings is 2. The van der Waals surface area contributed by atoms with E-state index >= 15 is 0 Å². The zero-order chi connectivity index (χ0) is 18.1. The highest BCUT2D eigenvalue weighted by Crippen LogP contribution is 2.31. The van der Waals surface area contributed by atoms with Crippen molar-refractivity contribution in [1.29, 1.82) is 0 Å². The van der Waals surface area contributed by atoms with Crippen molar-refractivity contribution in [3.05, 3.63) is 64.5 Å². The Labute approximate surface area is 156 Å². The minimum Gasteiger partial charge on any atom is -0.440 e. The maximum absolute atomic E-state index is 12.7. The van der Waals surface area contributed by atoms with E-state index in [0.29, 0.717) is 30.2 Å². The highest BCUT2D eigenvalue weighted by atomic mass is 35.5. The summed E-state index contributed by atoms with van der Waals surface area (Å²) in [6, 6.07) is 13.0. The first kappa shape index (κ1) is 17.1. The lowest BCUT2D eigenvalue weighted by molar-refractivity contribution is 0.0706. The number of carbonyl (C=O) groups is 1. The van der Waals surface area contributed by atoms with Gasteiger partial charge in [-0.25, -0.2) is 4.98 Å². The van der Waals surface area contributed by atoms with Crippen molar-refractivity contribution in [2.75, 3.05) is 13.1 Å². The van der Waals surface area contributed by atoms with Gasteiger partial charge < -0.3 is 15.1 Å². The van der Waals surface area contributed by atoms with Crippen molar-refractivity contribution in [3.8, 4) is 0 Å². The van der Waals surface area contributed by atoms with E-state index < -0.39 is 0 Å². The van der Waals surface area contributed by atoms with Crippen LogP contribution in [0.15, 0.2) is 46.9 Å². The predicted molar refractivity (Wildman–Crippen MR) is 101 cm³/mol. The van der Waals surface area contributed by atoms with Gasteiger partial charge >= 0.3 is 0 Å². The summed E-state index contributed by atoms with van der Waals surface area (Å²) in [4.78, 5) is 19.1. The molecule has 1 saturated heterocycles. The number of oxazole rings is 1. The summed E-state index contributed by atoms with van der Waals surface area (Å²) in [6.07, 6.45) is 1.68. The van der Waals surface area contributed by atoms with Crippen LogP contribution in [0.25, 0.3) is 11.1 Å². The lowest BCUT2D eigenvalue weighted by atomic mass is 9.96. The largest absolute Gasteiger partial charge is 0.440 e. The van der Waals surface area contributed by atoms with Crippen LogP contribution >= 0.6 is 11.6 Å². The van der Waals surface area contributed by atoms with E-state index in [1.807, 2.05) is 41.3 Å². The van der Waals surface area contributed by atoms with E-state index in [0.717, 1.165) is 35.4 Å². The minimum absolute atomic E-state index is 0.0661. The van der Waals surface area contributed by atoms with E-state index in [9.17, 15) is 4.79 Å². The molecule has 134 valence electrons. The van der Waals surface area contributed by atoms with Crippen molar-refractivity contribution in [3.63, 3.8) is 0 Å². The fourth-order valence-electron chi connectivity index (χ4n) is 3.39. The van der Waals surface area contributed by atoms with Gasteiger partial charge in [-0.05, 0) is 48.7 Å². The first-order chi connectivity index (χ1) is 12.6. The Bertz CT molecular complexity index is 928. The monoisotopic (exact) mass is 369 g/mol. The zero-order valence-corrected chi connectivity index (χ0v) is 15.1. The van der Waals surface area contributed by atoms with Gasteiger partial charge in [0.15, 0.2) is 11.5 Å². The van der Waals surface area contributed by atoms with Crippen LogP contribution in [0.1, 0.15) is 40.6 Å². The summed E-state index contributed by atoms with van der Waals surface area (Å²) in [5.41, 5.74) is 8.87. The van der Waals surface area contributed by atoms with E-state index in [1.54, 1.807) is 6.07 Å². The molecule has 1 aromatic heterocycles. The summed E-state index contributed by atoms with van der Waals surface area (Å²) in [5.74, 6) is 1.03. The number of aromatic nitrogens is 1. The highest BCUT2D eigenvalue weighted by Gasteiger charge is 2.27. The third-order valence-electron chi connectivity index (χ3n) is 4.93. The molecule has 0 atom stereocenters. The smallest absolute Gasteiger partial charge is 0.253 e. The Hall–Kier alpha value is -2.37. The van der Waals surface area contributed by atoms with Gasteiger partial charge in [0, 0.05) is 36.1 Å². The molecule has 1 fully saturated rings. The van der Waals surface area contributed by atoms with Crippen LogP contribution in [0.5, 0.6) is 0 Å². The number of carbonyl (C=O) groups excluding carboxylic acids is 1. The Morgan fingerprint density at radius 3 is 2.62 bits per heavy atom.